The summed E-state index contributed by atoms with van der Waals surface area (Å²) in [5, 5.41) is 2.86. The van der Waals surface area contributed by atoms with Crippen LogP contribution in [0, 0.1) is 0 Å². The number of nitrogens with one attached hydrogen (secondary N) is 1. The van der Waals surface area contributed by atoms with Crippen LogP contribution in [0.2, 0.25) is 5.02 Å². The van der Waals surface area contributed by atoms with Gasteiger partial charge in [0.25, 0.3) is 15.9 Å². The van der Waals surface area contributed by atoms with Crippen LogP contribution in [-0.4, -0.2) is 14.3 Å². The first-order valence-corrected chi connectivity index (χ1v) is 10.1. The quantitative estimate of drug-likeness (QED) is 0.686. The number of carbonyl (C=O) groups is 1. The Bertz CT molecular complexity index is 1210. The molecule has 0 atom stereocenters. The highest BCUT2D eigenvalue weighted by molar-refractivity contribution is 7.95. The van der Waals surface area contributed by atoms with Crippen molar-refractivity contribution in [3.8, 4) is 0 Å². The Morgan fingerprint density at radius 1 is 1.11 bits per heavy atom. The maximum Gasteiger partial charge on any atom is 0.259 e. The largest absolute Gasteiger partial charge is 0.303 e. The zero-order chi connectivity index (χ0) is 19.2. The molecule has 0 unspecified atom stereocenters. The summed E-state index contributed by atoms with van der Waals surface area (Å²) in [5.41, 5.74) is 2.61. The van der Waals surface area contributed by atoms with Crippen molar-refractivity contribution in [1.82, 2.24) is 0 Å². The molecule has 3 aromatic carbocycles. The monoisotopic (exact) mass is 398 g/mol. The van der Waals surface area contributed by atoms with E-state index in [1.807, 2.05) is 18.2 Å². The molecular formula is C20H15ClN2O3S. The normalized spacial score (nSPS) is 13.2. The Morgan fingerprint density at radius 2 is 1.89 bits per heavy atom. The summed E-state index contributed by atoms with van der Waals surface area (Å²) in [6, 6.07) is 16.0. The van der Waals surface area contributed by atoms with Crippen LogP contribution in [0.5, 0.6) is 0 Å². The van der Waals surface area contributed by atoms with Crippen molar-refractivity contribution in [2.24, 2.45) is 0 Å². The van der Waals surface area contributed by atoms with Gasteiger partial charge in [-0.25, -0.2) is 8.42 Å². The molecule has 1 amide bonds. The molecule has 7 heteroatoms. The molecule has 0 radical (unpaired) electrons. The van der Waals surface area contributed by atoms with Gasteiger partial charge in [-0.2, -0.15) is 0 Å². The highest BCUT2D eigenvalue weighted by Crippen LogP contribution is 2.41. The number of carbonyl (C=O) groups excluding carboxylic acids is 1. The number of hydrogen-bond donors (Lipinski definition) is 1. The SMILES string of the molecule is C=CS(=O)(=O)Nc1ccc2c3c(cccc13)C(=O)N2Cc1cccc(Cl)c1. The number of hydrogen-bond acceptors (Lipinski definition) is 3. The van der Waals surface area contributed by atoms with Crippen LogP contribution in [0.15, 0.2) is 66.6 Å². The predicted octanol–water partition coefficient (Wildman–Crippen LogP) is 4.54. The van der Waals surface area contributed by atoms with E-state index in [0.29, 0.717) is 28.2 Å². The summed E-state index contributed by atoms with van der Waals surface area (Å²) in [7, 11) is -3.65. The van der Waals surface area contributed by atoms with Crippen molar-refractivity contribution < 1.29 is 13.2 Å². The lowest BCUT2D eigenvalue weighted by Gasteiger charge is -2.18. The summed E-state index contributed by atoms with van der Waals surface area (Å²) >= 11 is 6.06. The molecule has 0 bridgehead atoms. The fourth-order valence-corrected chi connectivity index (χ4v) is 4.09. The summed E-state index contributed by atoms with van der Waals surface area (Å²) < 4.78 is 26.2. The third-order valence-corrected chi connectivity index (χ3v) is 5.66. The maximum atomic E-state index is 13.0. The van der Waals surface area contributed by atoms with E-state index in [-0.39, 0.29) is 5.91 Å². The number of amides is 1. The van der Waals surface area contributed by atoms with Gasteiger partial charge in [0.2, 0.25) is 0 Å². The minimum atomic E-state index is -3.65. The molecule has 1 aliphatic rings. The summed E-state index contributed by atoms with van der Waals surface area (Å²) in [6.07, 6.45) is 0. The molecule has 0 spiro atoms. The van der Waals surface area contributed by atoms with Gasteiger partial charge >= 0.3 is 0 Å². The van der Waals surface area contributed by atoms with Crippen molar-refractivity contribution in [1.29, 1.82) is 0 Å². The van der Waals surface area contributed by atoms with E-state index >= 15 is 0 Å². The van der Waals surface area contributed by atoms with Crippen LogP contribution in [0.4, 0.5) is 11.4 Å². The van der Waals surface area contributed by atoms with Crippen LogP contribution < -0.4 is 9.62 Å². The van der Waals surface area contributed by atoms with E-state index < -0.39 is 10.0 Å². The van der Waals surface area contributed by atoms with Crippen molar-refractivity contribution >= 4 is 49.7 Å². The fourth-order valence-electron chi connectivity index (χ4n) is 3.30. The van der Waals surface area contributed by atoms with Crippen molar-refractivity contribution in [3.05, 3.63) is 82.7 Å². The van der Waals surface area contributed by atoms with Gasteiger partial charge in [0.15, 0.2) is 0 Å². The molecule has 136 valence electrons. The van der Waals surface area contributed by atoms with Crippen molar-refractivity contribution in [3.63, 3.8) is 0 Å². The standard InChI is InChI=1S/C20H15ClN2O3S/c1-2-27(25,26)22-17-9-10-18-19-15(17)7-4-8-16(19)20(24)23(18)12-13-5-3-6-14(21)11-13/h2-11,22H,1,12H2. The molecule has 3 aromatic rings. The van der Waals surface area contributed by atoms with Crippen LogP contribution in [0.25, 0.3) is 10.8 Å². The number of nitrogens with zero attached hydrogens (tertiary/aromatic N) is 1. The highest BCUT2D eigenvalue weighted by Gasteiger charge is 2.30. The first-order valence-electron chi connectivity index (χ1n) is 8.17. The fraction of sp³-hybridized carbons (Fsp3) is 0.0500. The lowest BCUT2D eigenvalue weighted by molar-refractivity contribution is 0.0991. The Kier molecular flexibility index (Phi) is 4.17. The molecule has 1 heterocycles. The molecule has 27 heavy (non-hydrogen) atoms. The third kappa shape index (κ3) is 3.07. The van der Waals surface area contributed by atoms with E-state index in [0.717, 1.165) is 22.0 Å². The van der Waals surface area contributed by atoms with Crippen LogP contribution >= 0.6 is 11.6 Å². The molecule has 0 saturated carbocycles. The lowest BCUT2D eigenvalue weighted by atomic mass is 10.0. The summed E-state index contributed by atoms with van der Waals surface area (Å²) in [5.74, 6) is -0.126. The Hall–Kier alpha value is -2.83. The van der Waals surface area contributed by atoms with E-state index in [2.05, 4.69) is 11.3 Å². The number of anilines is 2. The second kappa shape index (κ2) is 6.40. The molecule has 1 N–H and O–H groups in total. The zero-order valence-corrected chi connectivity index (χ0v) is 15.7. The summed E-state index contributed by atoms with van der Waals surface area (Å²) in [6.45, 7) is 3.69. The number of sulfonamides is 1. The van der Waals surface area contributed by atoms with Gasteiger partial charge in [-0.1, -0.05) is 42.4 Å². The van der Waals surface area contributed by atoms with Gasteiger partial charge < -0.3 is 4.90 Å². The van der Waals surface area contributed by atoms with Crippen molar-refractivity contribution in [2.75, 3.05) is 9.62 Å². The second-order valence-electron chi connectivity index (χ2n) is 6.20. The number of rotatable bonds is 5. The van der Waals surface area contributed by atoms with Gasteiger partial charge in [0.05, 0.1) is 17.9 Å². The van der Waals surface area contributed by atoms with Crippen LogP contribution in [0.1, 0.15) is 15.9 Å². The van der Waals surface area contributed by atoms with Gasteiger partial charge in [-0.3, -0.25) is 9.52 Å². The van der Waals surface area contributed by atoms with Crippen LogP contribution in [-0.2, 0) is 16.6 Å². The average Bonchev–Trinajstić information content (AvgIpc) is 2.91. The predicted molar refractivity (Wildman–Crippen MR) is 109 cm³/mol. The Balaban J connectivity index is 1.82. The Labute approximate surface area is 161 Å². The molecule has 0 aliphatic carbocycles. The minimum absolute atomic E-state index is 0.126. The topological polar surface area (TPSA) is 66.5 Å². The first-order chi connectivity index (χ1) is 12.9. The lowest BCUT2D eigenvalue weighted by Crippen LogP contribution is -2.26. The maximum absolute atomic E-state index is 13.0. The molecule has 5 nitrogen and oxygen atoms in total. The van der Waals surface area contributed by atoms with Gasteiger partial charge in [0, 0.05) is 26.8 Å². The smallest absolute Gasteiger partial charge is 0.259 e. The van der Waals surface area contributed by atoms with Crippen molar-refractivity contribution in [2.45, 2.75) is 6.54 Å². The minimum Gasteiger partial charge on any atom is -0.303 e. The second-order valence-corrected chi connectivity index (χ2v) is 8.26. The van der Waals surface area contributed by atoms with E-state index in [1.54, 1.807) is 41.3 Å². The molecule has 0 saturated heterocycles. The highest BCUT2D eigenvalue weighted by atomic mass is 35.5. The zero-order valence-electron chi connectivity index (χ0n) is 14.1. The number of halogens is 1. The molecule has 1 aliphatic heterocycles. The number of benzene rings is 3. The Morgan fingerprint density at radius 3 is 2.63 bits per heavy atom. The molecule has 0 fully saturated rings. The first kappa shape index (κ1) is 17.6. The summed E-state index contributed by atoms with van der Waals surface area (Å²) in [4.78, 5) is 14.6. The van der Waals surface area contributed by atoms with Gasteiger partial charge in [0.1, 0.15) is 0 Å². The van der Waals surface area contributed by atoms with E-state index in [4.69, 9.17) is 11.6 Å². The van der Waals surface area contributed by atoms with Crippen LogP contribution in [0.3, 0.4) is 0 Å². The van der Waals surface area contributed by atoms with Gasteiger partial charge in [-0.05, 0) is 35.9 Å². The van der Waals surface area contributed by atoms with E-state index in [1.165, 1.54) is 0 Å². The average molecular weight is 399 g/mol. The third-order valence-electron chi connectivity index (χ3n) is 4.49. The molecular weight excluding hydrogens is 384 g/mol. The molecule has 4 rings (SSSR count). The van der Waals surface area contributed by atoms with E-state index in [9.17, 15) is 13.2 Å². The molecule has 0 aromatic heterocycles. The van der Waals surface area contributed by atoms with Gasteiger partial charge in [-0.15, -0.1) is 0 Å².